The van der Waals surface area contributed by atoms with E-state index in [1.807, 2.05) is 13.8 Å². The summed E-state index contributed by atoms with van der Waals surface area (Å²) in [6, 6.07) is 2.92. The normalized spacial score (nSPS) is 10.9. The first-order valence-electron chi connectivity index (χ1n) is 5.64. The number of nitro benzene ring substituents is 1. The van der Waals surface area contributed by atoms with E-state index in [0.29, 0.717) is 11.8 Å². The Labute approximate surface area is 107 Å². The van der Waals surface area contributed by atoms with E-state index in [1.54, 1.807) is 0 Å². The lowest BCUT2D eigenvalue weighted by molar-refractivity contribution is -0.383. The molecule has 0 radical (unpaired) electrons. The molecule has 19 heavy (non-hydrogen) atoms. The molecule has 0 aliphatic heterocycles. The number of fused-ring (bicyclic) bond motifs is 1. The number of nitro groups is 1. The van der Waals surface area contributed by atoms with E-state index in [2.05, 4.69) is 0 Å². The van der Waals surface area contributed by atoms with E-state index in [0.717, 1.165) is 6.26 Å². The number of carbonyl (C=O) groups excluding carboxylic acids is 1. The maximum Gasteiger partial charge on any atom is 0.312 e. The molecule has 0 atom stereocenters. The Kier molecular flexibility index (Phi) is 3.16. The number of aldehydes is 1. The molecule has 0 unspecified atom stereocenters. The van der Waals surface area contributed by atoms with Crippen molar-refractivity contribution < 1.29 is 14.1 Å². The van der Waals surface area contributed by atoms with Gasteiger partial charge in [0.15, 0.2) is 6.29 Å². The molecule has 0 amide bonds. The van der Waals surface area contributed by atoms with Gasteiger partial charge in [-0.2, -0.15) is 0 Å². The topological polar surface area (TPSA) is 90.4 Å². The van der Waals surface area contributed by atoms with Crippen LogP contribution in [0.2, 0.25) is 0 Å². The molecule has 0 saturated heterocycles. The molecule has 0 aliphatic carbocycles. The van der Waals surface area contributed by atoms with Crippen LogP contribution in [0.25, 0.3) is 11.0 Å². The van der Waals surface area contributed by atoms with E-state index in [9.17, 15) is 19.7 Å². The number of benzene rings is 1. The Morgan fingerprint density at radius 2 is 2.05 bits per heavy atom. The van der Waals surface area contributed by atoms with Crippen LogP contribution in [0.4, 0.5) is 5.69 Å². The first-order valence-corrected chi connectivity index (χ1v) is 5.64. The summed E-state index contributed by atoms with van der Waals surface area (Å²) in [4.78, 5) is 33.1. The SMILES string of the molecule is CC(C)c1cc([N+](=O)[O-])c2occ(C=O)c(=O)c2c1. The van der Waals surface area contributed by atoms with Crippen molar-refractivity contribution in [3.63, 3.8) is 0 Å². The molecule has 0 aliphatic rings. The van der Waals surface area contributed by atoms with Gasteiger partial charge in [0.2, 0.25) is 11.0 Å². The second kappa shape index (κ2) is 4.64. The summed E-state index contributed by atoms with van der Waals surface area (Å²) in [7, 11) is 0. The van der Waals surface area contributed by atoms with Crippen LogP contribution in [0.1, 0.15) is 35.7 Å². The van der Waals surface area contributed by atoms with Gasteiger partial charge in [0.1, 0.15) is 6.26 Å². The summed E-state index contributed by atoms with van der Waals surface area (Å²) in [6.45, 7) is 3.71. The molecule has 6 heteroatoms. The summed E-state index contributed by atoms with van der Waals surface area (Å²) in [5, 5.41) is 11.1. The van der Waals surface area contributed by atoms with Crippen LogP contribution >= 0.6 is 0 Å². The van der Waals surface area contributed by atoms with Crippen molar-refractivity contribution >= 4 is 22.9 Å². The zero-order valence-corrected chi connectivity index (χ0v) is 10.4. The van der Waals surface area contributed by atoms with Gasteiger partial charge in [-0.15, -0.1) is 0 Å². The van der Waals surface area contributed by atoms with Crippen LogP contribution in [0, 0.1) is 10.1 Å². The smallest absolute Gasteiger partial charge is 0.312 e. The number of hydrogen-bond acceptors (Lipinski definition) is 5. The molecule has 1 heterocycles. The Morgan fingerprint density at radius 3 is 2.58 bits per heavy atom. The second-order valence-corrected chi connectivity index (χ2v) is 4.47. The van der Waals surface area contributed by atoms with E-state index in [4.69, 9.17) is 4.42 Å². The fourth-order valence-corrected chi connectivity index (χ4v) is 1.81. The van der Waals surface area contributed by atoms with E-state index in [1.165, 1.54) is 12.1 Å². The minimum atomic E-state index is -0.599. The van der Waals surface area contributed by atoms with Crippen LogP contribution in [0.15, 0.2) is 27.6 Å². The number of rotatable bonds is 3. The lowest BCUT2D eigenvalue weighted by Gasteiger charge is -2.07. The minimum Gasteiger partial charge on any atom is -0.456 e. The zero-order valence-electron chi connectivity index (χ0n) is 10.4. The van der Waals surface area contributed by atoms with E-state index in [-0.39, 0.29) is 28.1 Å². The van der Waals surface area contributed by atoms with Crippen molar-refractivity contribution in [3.8, 4) is 0 Å². The Morgan fingerprint density at radius 1 is 1.37 bits per heavy atom. The Balaban J connectivity index is 2.95. The van der Waals surface area contributed by atoms with Gasteiger partial charge < -0.3 is 4.42 Å². The van der Waals surface area contributed by atoms with Crippen molar-refractivity contribution in [2.45, 2.75) is 19.8 Å². The molecule has 0 bridgehead atoms. The molecule has 1 aromatic heterocycles. The van der Waals surface area contributed by atoms with Crippen molar-refractivity contribution in [1.82, 2.24) is 0 Å². The van der Waals surface area contributed by atoms with Gasteiger partial charge in [0, 0.05) is 6.07 Å². The van der Waals surface area contributed by atoms with Crippen molar-refractivity contribution in [2.24, 2.45) is 0 Å². The molecule has 98 valence electrons. The molecule has 0 fully saturated rings. The molecular weight excluding hydrogens is 250 g/mol. The lowest BCUT2D eigenvalue weighted by atomic mass is 10.00. The van der Waals surface area contributed by atoms with Gasteiger partial charge in [-0.25, -0.2) is 0 Å². The van der Waals surface area contributed by atoms with Gasteiger partial charge in [0.25, 0.3) is 0 Å². The van der Waals surface area contributed by atoms with Gasteiger partial charge in [-0.05, 0) is 17.5 Å². The largest absolute Gasteiger partial charge is 0.456 e. The van der Waals surface area contributed by atoms with Gasteiger partial charge in [0.05, 0.1) is 15.9 Å². The minimum absolute atomic E-state index is 0.0161. The van der Waals surface area contributed by atoms with Crippen LogP contribution in [0.3, 0.4) is 0 Å². The van der Waals surface area contributed by atoms with Gasteiger partial charge >= 0.3 is 5.69 Å². The third-order valence-electron chi connectivity index (χ3n) is 2.89. The third kappa shape index (κ3) is 2.12. The summed E-state index contributed by atoms with van der Waals surface area (Å²) >= 11 is 0. The zero-order chi connectivity index (χ0) is 14.2. The highest BCUT2D eigenvalue weighted by Gasteiger charge is 2.20. The molecular formula is C13H11NO5. The predicted octanol–water partition coefficient (Wildman–Crippen LogP) is 2.64. The first kappa shape index (κ1) is 12.9. The van der Waals surface area contributed by atoms with E-state index >= 15 is 0 Å². The quantitative estimate of drug-likeness (QED) is 0.481. The average Bonchev–Trinajstić information content (AvgIpc) is 2.38. The second-order valence-electron chi connectivity index (χ2n) is 4.47. The molecule has 1 aromatic carbocycles. The average molecular weight is 261 g/mol. The summed E-state index contributed by atoms with van der Waals surface area (Å²) in [6.07, 6.45) is 1.32. The van der Waals surface area contributed by atoms with Crippen LogP contribution < -0.4 is 5.43 Å². The number of nitrogens with zero attached hydrogens (tertiary/aromatic N) is 1. The third-order valence-corrected chi connectivity index (χ3v) is 2.89. The fraction of sp³-hybridized carbons (Fsp3) is 0.231. The van der Waals surface area contributed by atoms with Crippen LogP contribution in [0.5, 0.6) is 0 Å². The number of non-ortho nitro benzene ring substituents is 1. The molecule has 0 N–H and O–H groups in total. The maximum atomic E-state index is 12.0. The van der Waals surface area contributed by atoms with Crippen molar-refractivity contribution in [1.29, 1.82) is 0 Å². The molecule has 2 aromatic rings. The summed E-state index contributed by atoms with van der Waals surface area (Å²) in [5.74, 6) is 0.0161. The standard InChI is InChI=1S/C13H11NO5/c1-7(2)8-3-10-12(16)9(5-15)6-19-13(10)11(4-8)14(17)18/h3-7H,1-2H3. The highest BCUT2D eigenvalue weighted by molar-refractivity contribution is 5.89. The van der Waals surface area contributed by atoms with Crippen LogP contribution in [-0.2, 0) is 0 Å². The van der Waals surface area contributed by atoms with Gasteiger partial charge in [-0.3, -0.25) is 19.7 Å². The predicted molar refractivity (Wildman–Crippen MR) is 68.6 cm³/mol. The monoisotopic (exact) mass is 261 g/mol. The summed E-state index contributed by atoms with van der Waals surface area (Å²) in [5.41, 5.74) is -0.431. The van der Waals surface area contributed by atoms with Crippen LogP contribution in [-0.4, -0.2) is 11.2 Å². The highest BCUT2D eigenvalue weighted by Crippen LogP contribution is 2.29. The molecule has 2 rings (SSSR count). The van der Waals surface area contributed by atoms with Crippen molar-refractivity contribution in [2.75, 3.05) is 0 Å². The van der Waals surface area contributed by atoms with E-state index < -0.39 is 10.4 Å². The number of hydrogen-bond donors (Lipinski definition) is 0. The number of carbonyl (C=O) groups is 1. The lowest BCUT2D eigenvalue weighted by Crippen LogP contribution is -2.09. The van der Waals surface area contributed by atoms with Gasteiger partial charge in [-0.1, -0.05) is 13.8 Å². The first-order chi connectivity index (χ1) is 8.95. The van der Waals surface area contributed by atoms with Crippen molar-refractivity contribution in [3.05, 3.63) is 49.9 Å². The summed E-state index contributed by atoms with van der Waals surface area (Å²) < 4.78 is 5.07. The molecule has 0 spiro atoms. The fourth-order valence-electron chi connectivity index (χ4n) is 1.81. The molecule has 0 saturated carbocycles. The maximum absolute atomic E-state index is 12.0. The Bertz CT molecular complexity index is 730. The highest BCUT2D eigenvalue weighted by atomic mass is 16.6. The molecule has 6 nitrogen and oxygen atoms in total. The Hall–Kier alpha value is -2.50.